The molecular weight excluding hydrogens is 381 g/mol. The molecule has 0 N–H and O–H groups in total. The lowest BCUT2D eigenvalue weighted by atomic mass is 9.83. The van der Waals surface area contributed by atoms with Gasteiger partial charge in [0.1, 0.15) is 0 Å². The van der Waals surface area contributed by atoms with Crippen molar-refractivity contribution in [2.45, 2.75) is 31.4 Å². The molecule has 2 rings (SSSR count). The molecule has 0 radical (unpaired) electrons. The predicted octanol–water partition coefficient (Wildman–Crippen LogP) is 3.57. The van der Waals surface area contributed by atoms with E-state index in [0.29, 0.717) is 0 Å². The summed E-state index contributed by atoms with van der Waals surface area (Å²) in [7, 11) is -0.838. The lowest BCUT2D eigenvalue weighted by molar-refractivity contribution is -0.243. The third-order valence-electron chi connectivity index (χ3n) is 4.14. The van der Waals surface area contributed by atoms with Gasteiger partial charge in [-0.1, -0.05) is 30.3 Å². The molecule has 1 aliphatic carbocycles. The lowest BCUT2D eigenvalue weighted by Crippen LogP contribution is -2.53. The largest absolute Gasteiger partial charge is 0.468 e. The zero-order valence-corrected chi connectivity index (χ0v) is 16.6. The Labute approximate surface area is 156 Å². The molecule has 148 valence electrons. The molecule has 0 amide bonds. The van der Waals surface area contributed by atoms with Gasteiger partial charge < -0.3 is 13.9 Å². The van der Waals surface area contributed by atoms with E-state index in [0.717, 1.165) is 20.3 Å². The second-order valence-corrected chi connectivity index (χ2v) is 11.5. The summed E-state index contributed by atoms with van der Waals surface area (Å²) >= 11 is 0. The van der Waals surface area contributed by atoms with E-state index < -0.39 is 43.0 Å². The van der Waals surface area contributed by atoms with E-state index in [-0.39, 0.29) is 5.56 Å². The fraction of sp³-hybridized carbons (Fsp3) is 0.444. The van der Waals surface area contributed by atoms with Crippen molar-refractivity contribution >= 4 is 20.3 Å². The van der Waals surface area contributed by atoms with Crippen molar-refractivity contribution < 1.29 is 36.7 Å². The molecule has 27 heavy (non-hydrogen) atoms. The number of hydrogen-bond donors (Lipinski definition) is 0. The predicted molar refractivity (Wildman–Crippen MR) is 93.2 cm³/mol. The molecule has 1 aromatic carbocycles. The van der Waals surface area contributed by atoms with Gasteiger partial charge >= 0.3 is 18.1 Å². The number of esters is 2. The van der Waals surface area contributed by atoms with E-state index in [2.05, 4.69) is 9.47 Å². The van der Waals surface area contributed by atoms with Crippen molar-refractivity contribution in [2.75, 3.05) is 14.2 Å². The summed E-state index contributed by atoms with van der Waals surface area (Å²) in [5, 5.41) is 0. The van der Waals surface area contributed by atoms with Gasteiger partial charge in [0.15, 0.2) is 8.32 Å². The second kappa shape index (κ2) is 6.79. The average Bonchev–Trinajstić information content (AvgIpc) is 3.34. The van der Waals surface area contributed by atoms with Crippen LogP contribution in [0.5, 0.6) is 0 Å². The first-order valence-electron chi connectivity index (χ1n) is 8.10. The summed E-state index contributed by atoms with van der Waals surface area (Å²) in [5.41, 5.74) is -5.97. The van der Waals surface area contributed by atoms with E-state index >= 15 is 0 Å². The van der Waals surface area contributed by atoms with E-state index in [1.165, 1.54) is 24.3 Å². The Balaban J connectivity index is 2.76. The summed E-state index contributed by atoms with van der Waals surface area (Å²) in [4.78, 5) is 24.6. The SMILES string of the molecule is COC(=O)C1(C(=O)OC)C=C1C(O[Si](C)(C)C)(c1ccccc1)C(F)(F)F. The smallest absolute Gasteiger partial charge is 0.424 e. The molecule has 0 fully saturated rings. The Kier molecular flexibility index (Phi) is 5.33. The first kappa shape index (κ1) is 21.2. The Morgan fingerprint density at radius 2 is 1.44 bits per heavy atom. The maximum Gasteiger partial charge on any atom is 0.424 e. The molecule has 1 aliphatic rings. The van der Waals surface area contributed by atoms with Gasteiger partial charge in [0.2, 0.25) is 11.0 Å². The van der Waals surface area contributed by atoms with Crippen LogP contribution in [0.25, 0.3) is 0 Å². The molecule has 1 unspecified atom stereocenters. The fourth-order valence-corrected chi connectivity index (χ4v) is 4.34. The maximum absolute atomic E-state index is 14.5. The van der Waals surface area contributed by atoms with Crippen LogP contribution in [-0.2, 0) is 29.1 Å². The van der Waals surface area contributed by atoms with Crippen LogP contribution in [0.4, 0.5) is 13.2 Å². The summed E-state index contributed by atoms with van der Waals surface area (Å²) in [5.74, 6) is -2.29. The number of ether oxygens (including phenoxy) is 2. The van der Waals surface area contributed by atoms with Crippen LogP contribution >= 0.6 is 0 Å². The van der Waals surface area contributed by atoms with Crippen molar-refractivity contribution in [2.24, 2.45) is 5.41 Å². The van der Waals surface area contributed by atoms with Crippen molar-refractivity contribution in [3.05, 3.63) is 47.5 Å². The van der Waals surface area contributed by atoms with E-state index in [4.69, 9.17) is 4.43 Å². The third-order valence-corrected chi connectivity index (χ3v) is 5.05. The number of rotatable bonds is 6. The zero-order valence-electron chi connectivity index (χ0n) is 15.6. The molecule has 1 aromatic rings. The van der Waals surface area contributed by atoms with Gasteiger partial charge in [0.25, 0.3) is 0 Å². The number of alkyl halides is 3. The van der Waals surface area contributed by atoms with Gasteiger partial charge in [-0.3, -0.25) is 9.59 Å². The summed E-state index contributed by atoms with van der Waals surface area (Å²) in [6.07, 6.45) is -4.02. The number of carbonyl (C=O) groups excluding carboxylic acids is 2. The summed E-state index contributed by atoms with van der Waals surface area (Å²) < 4.78 is 58.4. The van der Waals surface area contributed by atoms with Crippen molar-refractivity contribution in [1.82, 2.24) is 0 Å². The molecule has 0 heterocycles. The van der Waals surface area contributed by atoms with Gasteiger partial charge in [0, 0.05) is 5.57 Å². The number of hydrogen-bond acceptors (Lipinski definition) is 5. The highest BCUT2D eigenvalue weighted by Gasteiger charge is 2.75. The molecule has 9 heteroatoms. The molecule has 0 aromatic heterocycles. The minimum atomic E-state index is -4.94. The van der Waals surface area contributed by atoms with Crippen LogP contribution in [0.15, 0.2) is 42.0 Å². The van der Waals surface area contributed by atoms with Crippen LogP contribution in [-0.4, -0.2) is 40.7 Å². The Bertz CT molecular complexity index is 751. The quantitative estimate of drug-likeness (QED) is 0.315. The van der Waals surface area contributed by atoms with Crippen molar-refractivity contribution in [3.8, 4) is 0 Å². The normalized spacial score (nSPS) is 18.1. The minimum Gasteiger partial charge on any atom is -0.468 e. The highest BCUT2D eigenvalue weighted by atomic mass is 28.4. The van der Waals surface area contributed by atoms with Crippen LogP contribution in [0.3, 0.4) is 0 Å². The Morgan fingerprint density at radius 1 is 0.963 bits per heavy atom. The first-order chi connectivity index (χ1) is 12.4. The van der Waals surface area contributed by atoms with E-state index in [1.54, 1.807) is 25.7 Å². The lowest BCUT2D eigenvalue weighted by Gasteiger charge is -2.41. The van der Waals surface area contributed by atoms with Crippen LogP contribution in [0.2, 0.25) is 19.6 Å². The van der Waals surface area contributed by atoms with Gasteiger partial charge in [-0.2, -0.15) is 13.2 Å². The maximum atomic E-state index is 14.5. The highest BCUT2D eigenvalue weighted by molar-refractivity contribution is 6.69. The molecular formula is C18H21F3O5Si. The molecule has 0 saturated heterocycles. The standard InChI is InChI=1S/C18H21F3O5Si/c1-24-14(22)16(15(23)25-2)11-13(16)17(18(19,20)21,26-27(3,4)5)12-9-7-6-8-10-12/h6-11H,1-5H3. The highest BCUT2D eigenvalue weighted by Crippen LogP contribution is 2.62. The van der Waals surface area contributed by atoms with Gasteiger partial charge in [-0.25, -0.2) is 0 Å². The van der Waals surface area contributed by atoms with Gasteiger partial charge in [0.05, 0.1) is 14.2 Å². The molecule has 0 bridgehead atoms. The van der Waals surface area contributed by atoms with E-state index in [1.807, 2.05) is 0 Å². The first-order valence-corrected chi connectivity index (χ1v) is 11.5. The monoisotopic (exact) mass is 402 g/mol. The molecule has 1 atom stereocenters. The number of halogens is 3. The Hall–Kier alpha value is -2.13. The van der Waals surface area contributed by atoms with Crippen LogP contribution < -0.4 is 0 Å². The number of carbonyl (C=O) groups is 2. The van der Waals surface area contributed by atoms with Crippen LogP contribution in [0, 0.1) is 5.41 Å². The topological polar surface area (TPSA) is 61.8 Å². The van der Waals surface area contributed by atoms with Gasteiger partial charge in [-0.15, -0.1) is 0 Å². The van der Waals surface area contributed by atoms with Crippen molar-refractivity contribution in [3.63, 3.8) is 0 Å². The van der Waals surface area contributed by atoms with Gasteiger partial charge in [-0.05, 0) is 31.3 Å². The van der Waals surface area contributed by atoms with Crippen molar-refractivity contribution in [1.29, 1.82) is 0 Å². The number of methoxy groups -OCH3 is 2. The Morgan fingerprint density at radius 3 is 1.81 bits per heavy atom. The summed E-state index contributed by atoms with van der Waals surface area (Å²) in [6.45, 7) is 4.78. The second-order valence-electron chi connectivity index (χ2n) is 7.11. The third kappa shape index (κ3) is 3.41. The molecule has 0 saturated carbocycles. The molecule has 0 spiro atoms. The zero-order chi connectivity index (χ0) is 20.7. The minimum absolute atomic E-state index is 0.221. The van der Waals surface area contributed by atoms with Crippen LogP contribution in [0.1, 0.15) is 5.56 Å². The fourth-order valence-electron chi connectivity index (χ4n) is 3.08. The number of benzene rings is 1. The molecule has 5 nitrogen and oxygen atoms in total. The van der Waals surface area contributed by atoms with E-state index in [9.17, 15) is 22.8 Å². The molecule has 0 aliphatic heterocycles. The summed E-state index contributed by atoms with van der Waals surface area (Å²) in [6, 6.07) is 6.95. The average molecular weight is 402 g/mol.